The van der Waals surface area contributed by atoms with Crippen LogP contribution in [0.15, 0.2) is 41.6 Å². The third-order valence-corrected chi connectivity index (χ3v) is 6.81. The molecule has 3 rings (SSSR count). The third-order valence-electron chi connectivity index (χ3n) is 5.39. The molecule has 4 unspecified atom stereocenters. The second kappa shape index (κ2) is 12.5. The van der Waals surface area contributed by atoms with E-state index < -0.39 is 47.3 Å². The summed E-state index contributed by atoms with van der Waals surface area (Å²) in [5.74, 6) is -2.43. The molecular formula is C22H31N5O6S. The number of carboxylic acids is 2. The van der Waals surface area contributed by atoms with E-state index in [1.165, 1.54) is 16.7 Å². The molecule has 186 valence electrons. The van der Waals surface area contributed by atoms with Crippen molar-refractivity contribution in [1.82, 2.24) is 10.2 Å². The number of aliphatic carboxylic acids is 2. The van der Waals surface area contributed by atoms with Gasteiger partial charge in [0, 0.05) is 5.75 Å². The Balaban J connectivity index is 0.000000347. The van der Waals surface area contributed by atoms with Crippen LogP contribution in [0.25, 0.3) is 0 Å². The number of rotatable bonds is 9. The summed E-state index contributed by atoms with van der Waals surface area (Å²) in [6.45, 7) is 2.30. The number of benzene rings is 1. The highest BCUT2D eigenvalue weighted by Gasteiger charge is 2.53. The molecule has 9 N–H and O–H groups in total. The molecule has 0 bridgehead atoms. The highest BCUT2D eigenvalue weighted by Crippen LogP contribution is 2.40. The van der Waals surface area contributed by atoms with Gasteiger partial charge < -0.3 is 32.7 Å². The Labute approximate surface area is 201 Å². The number of carboxylic acid groups (broad SMARTS) is 2. The average Bonchev–Trinajstić information content (AvgIpc) is 2.82. The van der Waals surface area contributed by atoms with Crippen molar-refractivity contribution < 1.29 is 29.4 Å². The zero-order valence-corrected chi connectivity index (χ0v) is 19.7. The van der Waals surface area contributed by atoms with Crippen molar-refractivity contribution in [2.75, 3.05) is 12.3 Å². The van der Waals surface area contributed by atoms with Crippen molar-refractivity contribution in [2.24, 2.45) is 17.2 Å². The number of carbonyl (C=O) groups excluding carboxylic acids is 2. The maximum Gasteiger partial charge on any atom is 0.352 e. The molecule has 12 heteroatoms. The molecule has 34 heavy (non-hydrogen) atoms. The second-order valence-corrected chi connectivity index (χ2v) is 9.05. The van der Waals surface area contributed by atoms with E-state index in [-0.39, 0.29) is 5.70 Å². The van der Waals surface area contributed by atoms with Gasteiger partial charge in [-0.3, -0.25) is 19.3 Å². The van der Waals surface area contributed by atoms with E-state index in [9.17, 15) is 24.3 Å². The molecule has 11 nitrogen and oxygen atoms in total. The van der Waals surface area contributed by atoms with Gasteiger partial charge in [0.15, 0.2) is 0 Å². The lowest BCUT2D eigenvalue weighted by molar-refractivity contribution is -0.150. The van der Waals surface area contributed by atoms with Gasteiger partial charge in [-0.25, -0.2) is 4.79 Å². The number of unbranched alkanes of at least 4 members (excludes halogenated alkanes) is 1. The minimum atomic E-state index is -1.13. The van der Waals surface area contributed by atoms with Crippen LogP contribution < -0.4 is 22.5 Å². The van der Waals surface area contributed by atoms with Crippen LogP contribution in [0, 0.1) is 0 Å². The summed E-state index contributed by atoms with van der Waals surface area (Å²) >= 11 is 1.43. The largest absolute Gasteiger partial charge is 0.480 e. The molecule has 1 fully saturated rings. The highest BCUT2D eigenvalue weighted by molar-refractivity contribution is 8.00. The van der Waals surface area contributed by atoms with Crippen LogP contribution in [0.3, 0.4) is 0 Å². The van der Waals surface area contributed by atoms with Crippen LogP contribution >= 0.6 is 11.8 Å². The molecular weight excluding hydrogens is 462 g/mol. The number of nitrogens with two attached hydrogens (primary N) is 3. The Morgan fingerprint density at radius 1 is 1.18 bits per heavy atom. The summed E-state index contributed by atoms with van der Waals surface area (Å²) in [6.07, 6.45) is 2.16. The number of amides is 2. The third kappa shape index (κ3) is 6.56. The van der Waals surface area contributed by atoms with Gasteiger partial charge in [-0.1, -0.05) is 36.8 Å². The molecule has 0 radical (unpaired) electrons. The van der Waals surface area contributed by atoms with Crippen LogP contribution in [0.4, 0.5) is 0 Å². The lowest BCUT2D eigenvalue weighted by Crippen LogP contribution is -2.71. The topological polar surface area (TPSA) is 202 Å². The summed E-state index contributed by atoms with van der Waals surface area (Å²) < 4.78 is 0. The first-order valence-corrected chi connectivity index (χ1v) is 11.8. The fraction of sp³-hybridized carbons (Fsp3) is 0.455. The monoisotopic (exact) mass is 493 g/mol. The Hall–Kier alpha value is -2.93. The number of carbonyl (C=O) groups is 4. The van der Waals surface area contributed by atoms with Crippen LogP contribution in [0.1, 0.15) is 37.8 Å². The summed E-state index contributed by atoms with van der Waals surface area (Å²) in [6, 6.07) is 6.52. The lowest BCUT2D eigenvalue weighted by atomic mass is 10.0. The van der Waals surface area contributed by atoms with Crippen molar-refractivity contribution >= 4 is 35.5 Å². The summed E-state index contributed by atoms with van der Waals surface area (Å²) in [5.41, 5.74) is 17.7. The smallest absolute Gasteiger partial charge is 0.352 e. The van der Waals surface area contributed by atoms with Gasteiger partial charge in [-0.2, -0.15) is 0 Å². The molecule has 2 aliphatic heterocycles. The Morgan fingerprint density at radius 3 is 2.38 bits per heavy atom. The van der Waals surface area contributed by atoms with E-state index in [4.69, 9.17) is 22.3 Å². The van der Waals surface area contributed by atoms with Gasteiger partial charge >= 0.3 is 11.9 Å². The SMILES string of the molecule is CC1=C(C(=O)O)N2C(=O)C(NC(=O)C(N)c3ccccc3)C2SC1.NCCCCC(N)C(=O)O. The van der Waals surface area contributed by atoms with Crippen LogP contribution in [0.5, 0.6) is 0 Å². The molecule has 2 heterocycles. The Kier molecular flexibility index (Phi) is 10.1. The van der Waals surface area contributed by atoms with Crippen LogP contribution in [-0.2, 0) is 19.2 Å². The van der Waals surface area contributed by atoms with Gasteiger partial charge in [0.05, 0.1) is 0 Å². The van der Waals surface area contributed by atoms with Gasteiger partial charge in [0.1, 0.15) is 29.2 Å². The number of β-lactam (4-membered cyclic amide) rings is 1. The van der Waals surface area contributed by atoms with E-state index >= 15 is 0 Å². The normalized spacial score (nSPS) is 20.8. The van der Waals surface area contributed by atoms with Crippen molar-refractivity contribution in [3.63, 3.8) is 0 Å². The fourth-order valence-electron chi connectivity index (χ4n) is 3.46. The van der Waals surface area contributed by atoms with E-state index in [1.54, 1.807) is 31.2 Å². The van der Waals surface area contributed by atoms with E-state index in [1.807, 2.05) is 6.07 Å². The maximum atomic E-state index is 12.3. The molecule has 0 spiro atoms. The number of hydrogen-bond donors (Lipinski definition) is 6. The van der Waals surface area contributed by atoms with Crippen LogP contribution in [0.2, 0.25) is 0 Å². The zero-order valence-electron chi connectivity index (χ0n) is 18.8. The molecule has 2 amide bonds. The molecule has 1 aromatic carbocycles. The zero-order chi connectivity index (χ0) is 25.4. The summed E-state index contributed by atoms with van der Waals surface area (Å²) in [4.78, 5) is 47.3. The molecule has 0 aromatic heterocycles. The molecule has 0 aliphatic carbocycles. The summed E-state index contributed by atoms with van der Waals surface area (Å²) in [5, 5.41) is 19.9. The van der Waals surface area contributed by atoms with E-state index in [2.05, 4.69) is 5.32 Å². The number of nitrogens with one attached hydrogen (secondary N) is 1. The van der Waals surface area contributed by atoms with Crippen molar-refractivity contribution in [1.29, 1.82) is 0 Å². The standard InChI is InChI=1S/C16H17N3O4S.C6H14N2O2/c1-8-7-24-15-11(14(21)19(15)12(8)16(22)23)18-13(20)10(17)9-5-3-2-4-6-9;7-4-2-1-3-5(8)6(9)10/h2-6,10-11,15H,7,17H2,1H3,(H,18,20)(H,22,23);5H,1-4,7-8H2,(H,9,10). The number of hydrogen-bond acceptors (Lipinski definition) is 8. The fourth-order valence-corrected chi connectivity index (χ4v) is 4.75. The van der Waals surface area contributed by atoms with Gasteiger partial charge in [0.25, 0.3) is 5.91 Å². The average molecular weight is 494 g/mol. The minimum absolute atomic E-state index is 0.0154. The predicted octanol–water partition coefficient (Wildman–Crippen LogP) is -0.0278. The lowest BCUT2D eigenvalue weighted by Gasteiger charge is -2.49. The molecule has 2 aliphatic rings. The Morgan fingerprint density at radius 2 is 1.82 bits per heavy atom. The van der Waals surface area contributed by atoms with Gasteiger partial charge in [0.2, 0.25) is 5.91 Å². The second-order valence-electron chi connectivity index (χ2n) is 7.95. The first kappa shape index (κ1) is 27.3. The van der Waals surface area contributed by atoms with Gasteiger partial charge in [-0.15, -0.1) is 11.8 Å². The van der Waals surface area contributed by atoms with Gasteiger partial charge in [-0.05, 0) is 37.4 Å². The molecule has 0 saturated carbocycles. The minimum Gasteiger partial charge on any atom is -0.480 e. The van der Waals surface area contributed by atoms with Crippen molar-refractivity contribution in [2.45, 2.75) is 49.7 Å². The molecule has 4 atom stereocenters. The number of fused-ring (bicyclic) bond motifs is 1. The quantitative estimate of drug-likeness (QED) is 0.200. The number of nitrogens with zero attached hydrogens (tertiary/aromatic N) is 1. The molecule has 1 saturated heterocycles. The Bertz CT molecular complexity index is 941. The number of thioether (sulfide) groups is 1. The first-order chi connectivity index (χ1) is 16.1. The van der Waals surface area contributed by atoms with E-state index in [0.717, 1.165) is 12.8 Å². The van der Waals surface area contributed by atoms with E-state index in [0.29, 0.717) is 29.9 Å². The van der Waals surface area contributed by atoms with Crippen molar-refractivity contribution in [3.05, 3.63) is 47.2 Å². The maximum absolute atomic E-state index is 12.3. The first-order valence-electron chi connectivity index (χ1n) is 10.8. The van der Waals surface area contributed by atoms with Crippen molar-refractivity contribution in [3.8, 4) is 0 Å². The highest BCUT2D eigenvalue weighted by atomic mass is 32.2. The molecule has 1 aromatic rings. The predicted molar refractivity (Wildman–Crippen MR) is 127 cm³/mol. The summed E-state index contributed by atoms with van der Waals surface area (Å²) in [7, 11) is 0. The van der Waals surface area contributed by atoms with Crippen LogP contribution in [-0.4, -0.2) is 68.6 Å².